The molecular weight excluding hydrogens is 210 g/mol. The first-order chi connectivity index (χ1) is 7.31. The predicted molar refractivity (Wildman–Crippen MR) is 63.2 cm³/mol. The third-order valence-electron chi connectivity index (χ3n) is 3.19. The van der Waals surface area contributed by atoms with Crippen molar-refractivity contribution in [2.75, 3.05) is 39.0 Å². The minimum absolute atomic E-state index is 0.180. The van der Waals surface area contributed by atoms with E-state index in [9.17, 15) is 4.79 Å². The Morgan fingerprint density at radius 3 is 3.13 bits per heavy atom. The van der Waals surface area contributed by atoms with Gasteiger partial charge < -0.3 is 10.6 Å². The normalized spacial score (nSPS) is 33.8. The van der Waals surface area contributed by atoms with Crippen LogP contribution in [-0.2, 0) is 4.79 Å². The Hall–Kier alpha value is -0.260. The number of hydrogen-bond donors (Lipinski definition) is 2. The average molecular weight is 229 g/mol. The zero-order valence-corrected chi connectivity index (χ0v) is 9.98. The first kappa shape index (κ1) is 11.2. The van der Waals surface area contributed by atoms with Crippen molar-refractivity contribution in [2.45, 2.75) is 17.7 Å². The largest absolute Gasteiger partial charge is 0.355 e. The first-order valence-electron chi connectivity index (χ1n) is 5.55. The lowest BCUT2D eigenvalue weighted by Gasteiger charge is -2.29. The van der Waals surface area contributed by atoms with Crippen LogP contribution < -0.4 is 10.6 Å². The van der Waals surface area contributed by atoms with E-state index in [1.54, 1.807) is 0 Å². The second-order valence-electron chi connectivity index (χ2n) is 4.17. The smallest absolute Gasteiger partial charge is 0.234 e. The van der Waals surface area contributed by atoms with Gasteiger partial charge in [-0.3, -0.25) is 9.69 Å². The van der Waals surface area contributed by atoms with Crippen LogP contribution in [-0.4, -0.2) is 61.1 Å². The van der Waals surface area contributed by atoms with Crippen molar-refractivity contribution in [1.82, 2.24) is 15.5 Å². The summed E-state index contributed by atoms with van der Waals surface area (Å²) in [7, 11) is 0. The summed E-state index contributed by atoms with van der Waals surface area (Å²) < 4.78 is 0. The number of rotatable bonds is 2. The molecular formula is C10H19N3OS. The van der Waals surface area contributed by atoms with Crippen molar-refractivity contribution >= 4 is 17.7 Å². The van der Waals surface area contributed by atoms with E-state index in [0.29, 0.717) is 17.8 Å². The third-order valence-corrected chi connectivity index (χ3v) is 4.28. The zero-order valence-electron chi connectivity index (χ0n) is 9.16. The molecule has 0 saturated carbocycles. The predicted octanol–water partition coefficient (Wildman–Crippen LogP) is -0.488. The van der Waals surface area contributed by atoms with Crippen LogP contribution >= 0.6 is 11.8 Å². The lowest BCUT2D eigenvalue weighted by molar-refractivity contribution is -0.121. The zero-order chi connectivity index (χ0) is 10.7. The van der Waals surface area contributed by atoms with E-state index in [1.165, 1.54) is 0 Å². The molecule has 0 aliphatic carbocycles. The van der Waals surface area contributed by atoms with Gasteiger partial charge in [0.25, 0.3) is 0 Å². The highest BCUT2D eigenvalue weighted by Crippen LogP contribution is 2.20. The Bertz CT molecular complexity index is 237. The second kappa shape index (κ2) is 5.18. The summed E-state index contributed by atoms with van der Waals surface area (Å²) in [4.78, 5) is 13.8. The molecule has 0 aromatic heterocycles. The number of carbonyl (C=O) groups is 1. The lowest BCUT2D eigenvalue weighted by Crippen LogP contribution is -2.45. The molecule has 2 rings (SSSR count). The second-order valence-corrected chi connectivity index (χ2v) is 5.25. The SMILES string of the molecule is CSC1CNCC1N1CCCNC(=O)C1. The maximum Gasteiger partial charge on any atom is 0.234 e. The molecule has 2 N–H and O–H groups in total. The fraction of sp³-hybridized carbons (Fsp3) is 0.900. The van der Waals surface area contributed by atoms with E-state index < -0.39 is 0 Å². The highest BCUT2D eigenvalue weighted by Gasteiger charge is 2.32. The molecule has 2 heterocycles. The Morgan fingerprint density at radius 1 is 1.47 bits per heavy atom. The van der Waals surface area contributed by atoms with Crippen molar-refractivity contribution in [2.24, 2.45) is 0 Å². The molecule has 2 aliphatic heterocycles. The highest BCUT2D eigenvalue weighted by atomic mass is 32.2. The first-order valence-corrected chi connectivity index (χ1v) is 6.84. The maximum atomic E-state index is 11.5. The standard InChI is InChI=1S/C10H19N3OS/c1-15-9-6-11-5-8(9)13-4-2-3-12-10(14)7-13/h8-9,11H,2-7H2,1H3,(H,12,14). The number of carbonyl (C=O) groups excluding carboxylic acids is 1. The van der Waals surface area contributed by atoms with Gasteiger partial charge in [0.2, 0.25) is 5.91 Å². The average Bonchev–Trinajstić information content (AvgIpc) is 2.61. The van der Waals surface area contributed by atoms with Crippen LogP contribution in [0.1, 0.15) is 6.42 Å². The van der Waals surface area contributed by atoms with Crippen LogP contribution in [0.4, 0.5) is 0 Å². The molecule has 0 aromatic carbocycles. The fourth-order valence-electron chi connectivity index (χ4n) is 2.36. The van der Waals surface area contributed by atoms with Crippen LogP contribution in [0.15, 0.2) is 0 Å². The Balaban J connectivity index is 1.98. The Labute approximate surface area is 95.2 Å². The summed E-state index contributed by atoms with van der Waals surface area (Å²) in [6.07, 6.45) is 3.23. The van der Waals surface area contributed by atoms with Crippen LogP contribution in [0.2, 0.25) is 0 Å². The Kier molecular flexibility index (Phi) is 3.88. The van der Waals surface area contributed by atoms with Gasteiger partial charge in [0, 0.05) is 37.5 Å². The van der Waals surface area contributed by atoms with Crippen LogP contribution in [0.3, 0.4) is 0 Å². The molecule has 0 radical (unpaired) electrons. The number of nitrogens with zero attached hydrogens (tertiary/aromatic N) is 1. The van der Waals surface area contributed by atoms with Crippen molar-refractivity contribution in [1.29, 1.82) is 0 Å². The molecule has 5 heteroatoms. The summed E-state index contributed by atoms with van der Waals surface area (Å²) in [5.41, 5.74) is 0. The Morgan fingerprint density at radius 2 is 2.33 bits per heavy atom. The summed E-state index contributed by atoms with van der Waals surface area (Å²) >= 11 is 1.91. The van der Waals surface area contributed by atoms with Gasteiger partial charge in [0.05, 0.1) is 6.54 Å². The van der Waals surface area contributed by atoms with Gasteiger partial charge >= 0.3 is 0 Å². The monoisotopic (exact) mass is 229 g/mol. The van der Waals surface area contributed by atoms with Crippen molar-refractivity contribution in [3.8, 4) is 0 Å². The van der Waals surface area contributed by atoms with Gasteiger partial charge in [0.1, 0.15) is 0 Å². The van der Waals surface area contributed by atoms with Crippen LogP contribution in [0.5, 0.6) is 0 Å². The van der Waals surface area contributed by atoms with E-state index in [0.717, 1.165) is 32.6 Å². The number of nitrogens with one attached hydrogen (secondary N) is 2. The topological polar surface area (TPSA) is 44.4 Å². The summed E-state index contributed by atoms with van der Waals surface area (Å²) in [5, 5.41) is 6.97. The maximum absolute atomic E-state index is 11.5. The van der Waals surface area contributed by atoms with Gasteiger partial charge in [-0.25, -0.2) is 0 Å². The number of amides is 1. The third kappa shape index (κ3) is 2.65. The van der Waals surface area contributed by atoms with Crippen molar-refractivity contribution in [3.63, 3.8) is 0 Å². The number of hydrogen-bond acceptors (Lipinski definition) is 4. The molecule has 86 valence electrons. The summed E-state index contributed by atoms with van der Waals surface area (Å²) in [5.74, 6) is 0.180. The van der Waals surface area contributed by atoms with Gasteiger partial charge in [-0.05, 0) is 12.7 Å². The van der Waals surface area contributed by atoms with E-state index >= 15 is 0 Å². The van der Waals surface area contributed by atoms with Crippen molar-refractivity contribution < 1.29 is 4.79 Å². The van der Waals surface area contributed by atoms with Gasteiger partial charge in [-0.2, -0.15) is 11.8 Å². The van der Waals surface area contributed by atoms with E-state index in [4.69, 9.17) is 0 Å². The summed E-state index contributed by atoms with van der Waals surface area (Å²) in [6, 6.07) is 0.531. The van der Waals surface area contributed by atoms with Gasteiger partial charge in [-0.15, -0.1) is 0 Å². The molecule has 2 fully saturated rings. The van der Waals surface area contributed by atoms with Crippen LogP contribution in [0.25, 0.3) is 0 Å². The quantitative estimate of drug-likeness (QED) is 0.671. The van der Waals surface area contributed by atoms with E-state index in [2.05, 4.69) is 21.8 Å². The van der Waals surface area contributed by atoms with E-state index in [-0.39, 0.29) is 5.91 Å². The van der Waals surface area contributed by atoms with E-state index in [1.807, 2.05) is 11.8 Å². The number of thioether (sulfide) groups is 1. The fourth-order valence-corrected chi connectivity index (χ4v) is 3.23. The molecule has 4 nitrogen and oxygen atoms in total. The summed E-state index contributed by atoms with van der Waals surface area (Å²) in [6.45, 7) is 4.55. The van der Waals surface area contributed by atoms with Crippen molar-refractivity contribution in [3.05, 3.63) is 0 Å². The molecule has 2 saturated heterocycles. The molecule has 0 aromatic rings. The minimum Gasteiger partial charge on any atom is -0.355 e. The highest BCUT2D eigenvalue weighted by molar-refractivity contribution is 7.99. The lowest BCUT2D eigenvalue weighted by atomic mass is 10.2. The van der Waals surface area contributed by atoms with Gasteiger partial charge in [0.15, 0.2) is 0 Å². The minimum atomic E-state index is 0.180. The van der Waals surface area contributed by atoms with Crippen LogP contribution in [0, 0.1) is 0 Å². The molecule has 2 atom stereocenters. The molecule has 2 unspecified atom stereocenters. The molecule has 2 aliphatic rings. The molecule has 0 spiro atoms. The molecule has 15 heavy (non-hydrogen) atoms. The van der Waals surface area contributed by atoms with Gasteiger partial charge in [-0.1, -0.05) is 0 Å². The molecule has 1 amide bonds. The molecule has 0 bridgehead atoms.